The first kappa shape index (κ1) is 14.9. The second-order valence-electron chi connectivity index (χ2n) is 6.18. The Hall–Kier alpha value is -1.46. The summed E-state index contributed by atoms with van der Waals surface area (Å²) in [6.07, 6.45) is 4.05. The van der Waals surface area contributed by atoms with Crippen LogP contribution in [-0.4, -0.2) is 52.4 Å². The van der Waals surface area contributed by atoms with E-state index in [4.69, 9.17) is 5.73 Å². The molecule has 1 amide bonds. The summed E-state index contributed by atoms with van der Waals surface area (Å²) in [5.41, 5.74) is 6.75. The number of amides is 1. The van der Waals surface area contributed by atoms with Gasteiger partial charge in [-0.1, -0.05) is 0 Å². The van der Waals surface area contributed by atoms with Crippen LogP contribution in [0.25, 0.3) is 0 Å². The van der Waals surface area contributed by atoms with Crippen LogP contribution in [0.1, 0.15) is 25.8 Å². The number of carbonyl (C=O) groups is 1. The average Bonchev–Trinajstić information content (AvgIpc) is 2.39. The Morgan fingerprint density at radius 1 is 1.25 bits per heavy atom. The molecule has 0 saturated carbocycles. The van der Waals surface area contributed by atoms with Crippen molar-refractivity contribution in [2.45, 2.75) is 32.4 Å². The second kappa shape index (κ2) is 6.33. The van der Waals surface area contributed by atoms with E-state index in [1.165, 1.54) is 5.56 Å². The number of nitrogens with two attached hydrogens (primary N) is 1. The van der Waals surface area contributed by atoms with Crippen molar-refractivity contribution in [3.05, 3.63) is 30.1 Å². The maximum absolute atomic E-state index is 12.1. The molecule has 2 rings (SSSR count). The van der Waals surface area contributed by atoms with Crippen molar-refractivity contribution in [2.24, 2.45) is 5.73 Å². The molecule has 110 valence electrons. The van der Waals surface area contributed by atoms with Crippen LogP contribution in [0.5, 0.6) is 0 Å². The van der Waals surface area contributed by atoms with Crippen molar-refractivity contribution in [1.29, 1.82) is 0 Å². The van der Waals surface area contributed by atoms with E-state index in [9.17, 15) is 4.79 Å². The Labute approximate surface area is 120 Å². The quantitative estimate of drug-likeness (QED) is 0.886. The van der Waals surface area contributed by atoms with Crippen LogP contribution in [-0.2, 0) is 11.3 Å². The van der Waals surface area contributed by atoms with E-state index in [0.717, 1.165) is 32.7 Å². The van der Waals surface area contributed by atoms with Gasteiger partial charge < -0.3 is 10.6 Å². The number of piperazine rings is 1. The zero-order chi connectivity index (χ0) is 14.6. The predicted molar refractivity (Wildman–Crippen MR) is 79.0 cm³/mol. The number of aromatic nitrogens is 1. The fraction of sp³-hybridized carbons (Fsp3) is 0.600. The molecule has 1 aromatic rings. The normalized spacial score (nSPS) is 17.2. The van der Waals surface area contributed by atoms with E-state index in [-0.39, 0.29) is 5.91 Å². The molecule has 0 unspecified atom stereocenters. The third kappa shape index (κ3) is 4.58. The van der Waals surface area contributed by atoms with Crippen molar-refractivity contribution >= 4 is 5.91 Å². The second-order valence-corrected chi connectivity index (χ2v) is 6.18. The fourth-order valence-corrected chi connectivity index (χ4v) is 2.40. The summed E-state index contributed by atoms with van der Waals surface area (Å²) >= 11 is 0. The highest BCUT2D eigenvalue weighted by Crippen LogP contribution is 2.11. The summed E-state index contributed by atoms with van der Waals surface area (Å²) < 4.78 is 0. The van der Waals surface area contributed by atoms with Crippen LogP contribution in [0.4, 0.5) is 0 Å². The summed E-state index contributed by atoms with van der Waals surface area (Å²) in [5, 5.41) is 0. The van der Waals surface area contributed by atoms with Gasteiger partial charge in [-0.2, -0.15) is 0 Å². The number of rotatable bonds is 4. The van der Waals surface area contributed by atoms with E-state index in [0.29, 0.717) is 6.42 Å². The minimum absolute atomic E-state index is 0.168. The Bertz CT molecular complexity index is 433. The summed E-state index contributed by atoms with van der Waals surface area (Å²) in [5.74, 6) is 0.168. The number of nitrogens with zero attached hydrogens (tertiary/aromatic N) is 3. The molecular formula is C15H24N4O. The molecule has 5 heteroatoms. The topological polar surface area (TPSA) is 62.5 Å². The minimum atomic E-state index is -0.425. The van der Waals surface area contributed by atoms with Crippen LogP contribution >= 0.6 is 0 Å². The molecular weight excluding hydrogens is 252 g/mol. The number of hydrogen-bond acceptors (Lipinski definition) is 4. The molecule has 0 spiro atoms. The molecule has 5 nitrogen and oxygen atoms in total. The van der Waals surface area contributed by atoms with E-state index in [1.54, 1.807) is 0 Å². The third-order valence-electron chi connectivity index (χ3n) is 3.49. The Kier molecular flexibility index (Phi) is 4.73. The molecule has 0 radical (unpaired) electrons. The molecule has 20 heavy (non-hydrogen) atoms. The first-order valence-electron chi connectivity index (χ1n) is 7.12. The van der Waals surface area contributed by atoms with Crippen LogP contribution in [0.2, 0.25) is 0 Å². The van der Waals surface area contributed by atoms with Gasteiger partial charge in [-0.25, -0.2) is 0 Å². The lowest BCUT2D eigenvalue weighted by atomic mass is 10.0. The zero-order valence-electron chi connectivity index (χ0n) is 12.4. The molecule has 1 aliphatic heterocycles. The maximum atomic E-state index is 12.1. The largest absolute Gasteiger partial charge is 0.340 e. The van der Waals surface area contributed by atoms with Crippen LogP contribution in [0.3, 0.4) is 0 Å². The van der Waals surface area contributed by atoms with Crippen molar-refractivity contribution in [3.63, 3.8) is 0 Å². The first-order chi connectivity index (χ1) is 9.44. The number of hydrogen-bond donors (Lipinski definition) is 1. The number of carbonyl (C=O) groups excluding carboxylic acids is 1. The van der Waals surface area contributed by atoms with E-state index >= 15 is 0 Å². The van der Waals surface area contributed by atoms with Gasteiger partial charge >= 0.3 is 0 Å². The molecule has 1 aliphatic rings. The van der Waals surface area contributed by atoms with Crippen molar-refractivity contribution in [3.8, 4) is 0 Å². The number of pyridine rings is 1. The summed E-state index contributed by atoms with van der Waals surface area (Å²) in [6, 6.07) is 4.07. The standard InChI is InChI=1S/C15H24N4O/c1-15(2,16)11-14(20)19-9-7-18(8-10-19)12-13-3-5-17-6-4-13/h3-6H,7-12,16H2,1-2H3. The highest BCUT2D eigenvalue weighted by atomic mass is 16.2. The SMILES string of the molecule is CC(C)(N)CC(=O)N1CCN(Cc2ccncc2)CC1. The van der Waals surface area contributed by atoms with Crippen molar-refractivity contribution < 1.29 is 4.79 Å². The molecule has 0 aromatic carbocycles. The smallest absolute Gasteiger partial charge is 0.224 e. The molecule has 2 N–H and O–H groups in total. The average molecular weight is 276 g/mol. The van der Waals surface area contributed by atoms with E-state index in [1.807, 2.05) is 43.3 Å². The highest BCUT2D eigenvalue weighted by Gasteiger charge is 2.24. The van der Waals surface area contributed by atoms with Gasteiger partial charge in [-0.15, -0.1) is 0 Å². The molecule has 1 saturated heterocycles. The lowest BCUT2D eigenvalue weighted by Gasteiger charge is -2.36. The molecule has 0 atom stereocenters. The van der Waals surface area contributed by atoms with Crippen LogP contribution < -0.4 is 5.73 Å². The van der Waals surface area contributed by atoms with Crippen molar-refractivity contribution in [2.75, 3.05) is 26.2 Å². The first-order valence-corrected chi connectivity index (χ1v) is 7.12. The van der Waals surface area contributed by atoms with Gasteiger partial charge in [0.05, 0.1) is 0 Å². The van der Waals surface area contributed by atoms with E-state index < -0.39 is 5.54 Å². The minimum Gasteiger partial charge on any atom is -0.340 e. The van der Waals surface area contributed by atoms with Gasteiger partial charge in [0.2, 0.25) is 5.91 Å². The molecule has 1 fully saturated rings. The molecule has 1 aromatic heterocycles. The van der Waals surface area contributed by atoms with Crippen LogP contribution in [0, 0.1) is 0 Å². The Balaban J connectivity index is 1.79. The summed E-state index contributed by atoms with van der Waals surface area (Å²) in [4.78, 5) is 20.4. The van der Waals surface area contributed by atoms with Crippen molar-refractivity contribution in [1.82, 2.24) is 14.8 Å². The van der Waals surface area contributed by atoms with Gasteiger partial charge in [-0.05, 0) is 31.5 Å². The summed E-state index contributed by atoms with van der Waals surface area (Å²) in [7, 11) is 0. The van der Waals surface area contributed by atoms with Gasteiger partial charge in [0, 0.05) is 57.1 Å². The van der Waals surface area contributed by atoms with Crippen LogP contribution in [0.15, 0.2) is 24.5 Å². The van der Waals surface area contributed by atoms with Gasteiger partial charge in [0.15, 0.2) is 0 Å². The van der Waals surface area contributed by atoms with Gasteiger partial charge in [0.25, 0.3) is 0 Å². The Morgan fingerprint density at radius 3 is 2.40 bits per heavy atom. The molecule has 2 heterocycles. The van der Waals surface area contributed by atoms with Gasteiger partial charge in [0.1, 0.15) is 0 Å². The molecule has 0 aliphatic carbocycles. The molecule has 0 bridgehead atoms. The fourth-order valence-electron chi connectivity index (χ4n) is 2.40. The Morgan fingerprint density at radius 2 is 1.85 bits per heavy atom. The maximum Gasteiger partial charge on any atom is 0.224 e. The zero-order valence-corrected chi connectivity index (χ0v) is 12.4. The monoisotopic (exact) mass is 276 g/mol. The van der Waals surface area contributed by atoms with Gasteiger partial charge in [-0.3, -0.25) is 14.7 Å². The lowest BCUT2D eigenvalue weighted by molar-refractivity contribution is -0.134. The predicted octanol–water partition coefficient (Wildman–Crippen LogP) is 0.853. The van der Waals surface area contributed by atoms with E-state index in [2.05, 4.69) is 9.88 Å². The summed E-state index contributed by atoms with van der Waals surface area (Å²) in [6.45, 7) is 8.13. The highest BCUT2D eigenvalue weighted by molar-refractivity contribution is 5.77. The third-order valence-corrected chi connectivity index (χ3v) is 3.49. The lowest BCUT2D eigenvalue weighted by Crippen LogP contribution is -2.50.